The Bertz CT molecular complexity index is 1590. The minimum atomic E-state index is -0.422. The van der Waals surface area contributed by atoms with Gasteiger partial charge in [0.05, 0.1) is 5.69 Å². The van der Waals surface area contributed by atoms with Gasteiger partial charge < -0.3 is 9.47 Å². The van der Waals surface area contributed by atoms with E-state index in [2.05, 4.69) is 31.1 Å². The van der Waals surface area contributed by atoms with E-state index >= 15 is 0 Å². The summed E-state index contributed by atoms with van der Waals surface area (Å²) in [5, 5.41) is 9.61. The number of ether oxygens (including phenoxy) is 2. The zero-order valence-electron chi connectivity index (χ0n) is 18.2. The summed E-state index contributed by atoms with van der Waals surface area (Å²) < 4.78 is 16.4. The number of fused-ring (bicyclic) bond motifs is 2. The maximum atomic E-state index is 12.6. The molecule has 0 radical (unpaired) electrons. The standard InChI is InChI=1S/C25H18BrN5O3S/c26-16-10-11-22-27-17(12-23(32)30(22)13-16)15-35-25-29-28-24(31(25)18-6-2-1-3-7-18)21-14-33-19-8-4-5-9-20(19)34-21/h1-13,21H,14-15H2. The number of thioether (sulfide) groups is 1. The molecule has 0 N–H and O–H groups in total. The first-order valence-corrected chi connectivity index (χ1v) is 12.6. The van der Waals surface area contributed by atoms with Gasteiger partial charge in [-0.3, -0.25) is 13.8 Å². The van der Waals surface area contributed by atoms with Crippen molar-refractivity contribution in [1.29, 1.82) is 0 Å². The lowest BCUT2D eigenvalue weighted by Crippen LogP contribution is -2.24. The van der Waals surface area contributed by atoms with Crippen molar-refractivity contribution in [2.45, 2.75) is 17.0 Å². The summed E-state index contributed by atoms with van der Waals surface area (Å²) in [6, 6.07) is 22.7. The van der Waals surface area contributed by atoms with E-state index < -0.39 is 6.10 Å². The Morgan fingerprint density at radius 2 is 1.80 bits per heavy atom. The zero-order valence-corrected chi connectivity index (χ0v) is 20.6. The van der Waals surface area contributed by atoms with E-state index in [1.165, 1.54) is 16.2 Å². The van der Waals surface area contributed by atoms with E-state index in [0.717, 1.165) is 10.2 Å². The molecule has 1 unspecified atom stereocenters. The third kappa shape index (κ3) is 4.30. The van der Waals surface area contributed by atoms with Gasteiger partial charge in [0.1, 0.15) is 12.3 Å². The average molecular weight is 548 g/mol. The molecule has 0 spiro atoms. The molecular weight excluding hydrogens is 530 g/mol. The highest BCUT2D eigenvalue weighted by Gasteiger charge is 2.29. The molecule has 4 heterocycles. The van der Waals surface area contributed by atoms with Crippen LogP contribution in [0.1, 0.15) is 17.6 Å². The maximum Gasteiger partial charge on any atom is 0.258 e. The second-order valence-electron chi connectivity index (χ2n) is 7.83. The van der Waals surface area contributed by atoms with Gasteiger partial charge in [-0.05, 0) is 52.3 Å². The van der Waals surface area contributed by atoms with Crippen molar-refractivity contribution < 1.29 is 9.47 Å². The Kier molecular flexibility index (Phi) is 5.75. The third-order valence-electron chi connectivity index (χ3n) is 5.50. The second kappa shape index (κ2) is 9.20. The summed E-state index contributed by atoms with van der Waals surface area (Å²) in [4.78, 5) is 17.2. The zero-order chi connectivity index (χ0) is 23.8. The summed E-state index contributed by atoms with van der Waals surface area (Å²) in [6.07, 6.45) is 1.29. The van der Waals surface area contributed by atoms with Crippen molar-refractivity contribution >= 4 is 33.3 Å². The molecule has 1 atom stereocenters. The van der Waals surface area contributed by atoms with Crippen molar-refractivity contribution in [3.63, 3.8) is 0 Å². The smallest absolute Gasteiger partial charge is 0.258 e. The van der Waals surface area contributed by atoms with Crippen LogP contribution in [0.2, 0.25) is 0 Å². The fraction of sp³-hybridized carbons (Fsp3) is 0.120. The number of pyridine rings is 1. The molecule has 0 aliphatic carbocycles. The SMILES string of the molecule is O=c1cc(CSc2nnc(C3COc4ccccc4O3)n2-c2ccccc2)nc2ccc(Br)cn12. The molecule has 0 fully saturated rings. The Morgan fingerprint density at radius 3 is 2.66 bits per heavy atom. The van der Waals surface area contributed by atoms with Gasteiger partial charge in [-0.25, -0.2) is 4.98 Å². The van der Waals surface area contributed by atoms with E-state index in [0.29, 0.717) is 46.2 Å². The van der Waals surface area contributed by atoms with Crippen molar-refractivity contribution in [3.05, 3.63) is 105 Å². The van der Waals surface area contributed by atoms with E-state index in [-0.39, 0.29) is 5.56 Å². The van der Waals surface area contributed by atoms with Gasteiger partial charge in [-0.2, -0.15) is 0 Å². The number of nitrogens with zero attached hydrogens (tertiary/aromatic N) is 5. The maximum absolute atomic E-state index is 12.6. The van der Waals surface area contributed by atoms with Crippen LogP contribution in [0.4, 0.5) is 0 Å². The predicted octanol–water partition coefficient (Wildman–Crippen LogP) is 4.84. The lowest BCUT2D eigenvalue weighted by molar-refractivity contribution is 0.0835. The van der Waals surface area contributed by atoms with Crippen molar-refractivity contribution in [2.75, 3.05) is 6.61 Å². The highest BCUT2D eigenvalue weighted by atomic mass is 79.9. The summed E-state index contributed by atoms with van der Waals surface area (Å²) in [7, 11) is 0. The lowest BCUT2D eigenvalue weighted by Gasteiger charge is -2.26. The molecular formula is C25H18BrN5O3S. The quantitative estimate of drug-likeness (QED) is 0.291. The summed E-state index contributed by atoms with van der Waals surface area (Å²) in [5.74, 6) is 2.49. The molecule has 0 bridgehead atoms. The molecule has 35 heavy (non-hydrogen) atoms. The fourth-order valence-corrected chi connectivity index (χ4v) is 5.08. The van der Waals surface area contributed by atoms with Crippen LogP contribution in [-0.2, 0) is 5.75 Å². The molecule has 10 heteroatoms. The van der Waals surface area contributed by atoms with E-state index in [1.807, 2.05) is 71.3 Å². The van der Waals surface area contributed by atoms with Crippen LogP contribution in [0.5, 0.6) is 11.5 Å². The number of hydrogen-bond acceptors (Lipinski definition) is 7. The second-order valence-corrected chi connectivity index (χ2v) is 9.68. The Morgan fingerprint density at radius 1 is 1.00 bits per heavy atom. The molecule has 5 aromatic rings. The highest BCUT2D eigenvalue weighted by Crippen LogP contribution is 2.37. The lowest BCUT2D eigenvalue weighted by atomic mass is 10.2. The van der Waals surface area contributed by atoms with Gasteiger partial charge >= 0.3 is 0 Å². The number of aromatic nitrogens is 5. The Labute approximate surface area is 212 Å². The van der Waals surface area contributed by atoms with Crippen LogP contribution in [0, 0.1) is 0 Å². The minimum absolute atomic E-state index is 0.136. The summed E-state index contributed by atoms with van der Waals surface area (Å²) in [5.41, 5.74) is 2.03. The summed E-state index contributed by atoms with van der Waals surface area (Å²) >= 11 is 4.85. The number of rotatable bonds is 5. The molecule has 2 aromatic carbocycles. The highest BCUT2D eigenvalue weighted by molar-refractivity contribution is 9.10. The minimum Gasteiger partial charge on any atom is -0.485 e. The largest absolute Gasteiger partial charge is 0.485 e. The molecule has 1 aliphatic rings. The van der Waals surface area contributed by atoms with E-state index in [1.54, 1.807) is 12.3 Å². The van der Waals surface area contributed by atoms with E-state index in [9.17, 15) is 4.79 Å². The summed E-state index contributed by atoms with van der Waals surface area (Å²) in [6.45, 7) is 0.325. The van der Waals surface area contributed by atoms with Crippen molar-refractivity contribution in [3.8, 4) is 17.2 Å². The van der Waals surface area contributed by atoms with Gasteiger partial charge in [0.25, 0.3) is 5.56 Å². The monoisotopic (exact) mass is 547 g/mol. The molecule has 174 valence electrons. The topological polar surface area (TPSA) is 83.5 Å². The van der Waals surface area contributed by atoms with Crippen molar-refractivity contribution in [2.24, 2.45) is 0 Å². The molecule has 6 rings (SSSR count). The van der Waals surface area contributed by atoms with Crippen LogP contribution in [0.3, 0.4) is 0 Å². The number of halogens is 1. The van der Waals surface area contributed by atoms with Crippen LogP contribution < -0.4 is 15.0 Å². The number of benzene rings is 2. The first kappa shape index (κ1) is 21.9. The van der Waals surface area contributed by atoms with Gasteiger partial charge in [0, 0.05) is 28.2 Å². The molecule has 8 nitrogen and oxygen atoms in total. The number of hydrogen-bond donors (Lipinski definition) is 0. The molecule has 1 aliphatic heterocycles. The van der Waals surface area contributed by atoms with Gasteiger partial charge in [0.2, 0.25) is 0 Å². The normalized spacial score (nSPS) is 14.8. The van der Waals surface area contributed by atoms with Gasteiger partial charge in [-0.15, -0.1) is 10.2 Å². The number of para-hydroxylation sites is 3. The van der Waals surface area contributed by atoms with Gasteiger partial charge in [-0.1, -0.05) is 42.1 Å². The average Bonchev–Trinajstić information content (AvgIpc) is 3.32. The third-order valence-corrected chi connectivity index (χ3v) is 6.93. The molecule has 3 aromatic heterocycles. The van der Waals surface area contributed by atoms with Gasteiger partial charge in [0.15, 0.2) is 28.6 Å². The predicted molar refractivity (Wildman–Crippen MR) is 135 cm³/mol. The van der Waals surface area contributed by atoms with E-state index in [4.69, 9.17) is 9.47 Å². The Hall–Kier alpha value is -3.63. The fourth-order valence-electron chi connectivity index (χ4n) is 3.89. The molecule has 0 saturated carbocycles. The van der Waals surface area contributed by atoms with Crippen LogP contribution in [0.15, 0.2) is 93.4 Å². The first-order chi connectivity index (χ1) is 17.2. The van der Waals surface area contributed by atoms with Crippen LogP contribution in [-0.4, -0.2) is 30.8 Å². The van der Waals surface area contributed by atoms with Crippen LogP contribution in [0.25, 0.3) is 11.3 Å². The molecule has 0 saturated heterocycles. The van der Waals surface area contributed by atoms with Crippen molar-refractivity contribution in [1.82, 2.24) is 24.1 Å². The molecule has 0 amide bonds. The first-order valence-electron chi connectivity index (χ1n) is 10.9. The van der Waals surface area contributed by atoms with Crippen LogP contribution >= 0.6 is 27.7 Å². The Balaban J connectivity index is 1.33.